The van der Waals surface area contributed by atoms with E-state index in [-0.39, 0.29) is 16.1 Å². The number of aryl methyl sites for hydroxylation is 2. The van der Waals surface area contributed by atoms with Crippen LogP contribution >= 0.6 is 0 Å². The lowest BCUT2D eigenvalue weighted by atomic mass is 10.1. The standard InChI is InChI=1S/C22H31N3O4S/c1-14(2)12-25(13-15(3)4)21-19(22(26)27)10-18(11-23-21)24-30(28,29)20-8-7-16(5)9-17(20)6/h7-11,14-15,24H,12-13H2,1-6H3,(H,26,27). The summed E-state index contributed by atoms with van der Waals surface area (Å²) in [5.74, 6) is -0.174. The van der Waals surface area contributed by atoms with Crippen molar-refractivity contribution < 1.29 is 18.3 Å². The van der Waals surface area contributed by atoms with Crippen molar-refractivity contribution in [1.29, 1.82) is 0 Å². The fourth-order valence-corrected chi connectivity index (χ4v) is 4.62. The molecule has 0 unspecified atom stereocenters. The number of rotatable bonds is 9. The molecule has 30 heavy (non-hydrogen) atoms. The number of nitrogens with one attached hydrogen (secondary N) is 1. The molecule has 7 nitrogen and oxygen atoms in total. The van der Waals surface area contributed by atoms with E-state index in [4.69, 9.17) is 0 Å². The Labute approximate surface area is 179 Å². The summed E-state index contributed by atoms with van der Waals surface area (Å²) in [6.45, 7) is 13.1. The monoisotopic (exact) mass is 433 g/mol. The highest BCUT2D eigenvalue weighted by Gasteiger charge is 2.23. The van der Waals surface area contributed by atoms with E-state index in [0.29, 0.717) is 36.3 Å². The second-order valence-corrected chi connectivity index (χ2v) is 10.1. The Morgan fingerprint density at radius 3 is 2.20 bits per heavy atom. The van der Waals surface area contributed by atoms with E-state index in [1.165, 1.54) is 12.3 Å². The predicted octanol–water partition coefficient (Wildman–Crippen LogP) is 4.32. The molecule has 1 heterocycles. The minimum Gasteiger partial charge on any atom is -0.478 e. The van der Waals surface area contributed by atoms with Crippen LogP contribution in [0, 0.1) is 25.7 Å². The SMILES string of the molecule is Cc1ccc(S(=O)(=O)Nc2cnc(N(CC(C)C)CC(C)C)c(C(=O)O)c2)c(C)c1. The van der Waals surface area contributed by atoms with Crippen molar-refractivity contribution in [3.05, 3.63) is 47.2 Å². The minimum absolute atomic E-state index is 0.0304. The van der Waals surface area contributed by atoms with Crippen LogP contribution in [0.4, 0.5) is 11.5 Å². The van der Waals surface area contributed by atoms with Gasteiger partial charge in [0.1, 0.15) is 11.4 Å². The first kappa shape index (κ1) is 23.7. The Morgan fingerprint density at radius 1 is 1.10 bits per heavy atom. The Balaban J connectivity index is 2.44. The number of carboxylic acid groups (broad SMARTS) is 1. The van der Waals surface area contributed by atoms with Gasteiger partial charge in [0.15, 0.2) is 0 Å². The van der Waals surface area contributed by atoms with E-state index in [2.05, 4.69) is 37.4 Å². The van der Waals surface area contributed by atoms with Crippen molar-refractivity contribution in [2.75, 3.05) is 22.7 Å². The molecule has 1 aromatic heterocycles. The minimum atomic E-state index is -3.87. The predicted molar refractivity (Wildman–Crippen MR) is 120 cm³/mol. The summed E-state index contributed by atoms with van der Waals surface area (Å²) >= 11 is 0. The van der Waals surface area contributed by atoms with Gasteiger partial charge in [0.2, 0.25) is 0 Å². The molecule has 0 spiro atoms. The number of carboxylic acids is 1. The molecule has 0 saturated carbocycles. The topological polar surface area (TPSA) is 99.6 Å². The zero-order chi connectivity index (χ0) is 22.6. The maximum absolute atomic E-state index is 12.8. The van der Waals surface area contributed by atoms with E-state index in [0.717, 1.165) is 5.56 Å². The smallest absolute Gasteiger partial charge is 0.339 e. The largest absolute Gasteiger partial charge is 0.478 e. The summed E-state index contributed by atoms with van der Waals surface area (Å²) in [4.78, 5) is 18.4. The van der Waals surface area contributed by atoms with Gasteiger partial charge in [-0.05, 0) is 43.4 Å². The van der Waals surface area contributed by atoms with Gasteiger partial charge in [-0.2, -0.15) is 0 Å². The van der Waals surface area contributed by atoms with E-state index < -0.39 is 16.0 Å². The number of sulfonamides is 1. The number of aromatic carboxylic acids is 1. The summed E-state index contributed by atoms with van der Waals surface area (Å²) in [5, 5.41) is 9.75. The van der Waals surface area contributed by atoms with Gasteiger partial charge >= 0.3 is 5.97 Å². The third-order valence-electron chi connectivity index (χ3n) is 4.44. The molecular weight excluding hydrogens is 402 g/mol. The number of hydrogen-bond acceptors (Lipinski definition) is 5. The molecule has 0 aliphatic heterocycles. The molecular formula is C22H31N3O4S. The molecule has 0 aliphatic rings. The van der Waals surface area contributed by atoms with E-state index in [1.807, 2.05) is 11.8 Å². The number of benzene rings is 1. The van der Waals surface area contributed by atoms with E-state index >= 15 is 0 Å². The first-order valence-corrected chi connectivity index (χ1v) is 11.5. The normalized spacial score (nSPS) is 11.7. The van der Waals surface area contributed by atoms with Gasteiger partial charge < -0.3 is 10.0 Å². The summed E-state index contributed by atoms with van der Waals surface area (Å²) in [7, 11) is -3.87. The Bertz CT molecular complexity index is 1010. The highest BCUT2D eigenvalue weighted by molar-refractivity contribution is 7.92. The highest BCUT2D eigenvalue weighted by Crippen LogP contribution is 2.26. The van der Waals surface area contributed by atoms with Gasteiger partial charge in [0.05, 0.1) is 16.8 Å². The summed E-state index contributed by atoms with van der Waals surface area (Å²) < 4.78 is 28.1. The molecule has 2 N–H and O–H groups in total. The third-order valence-corrected chi connectivity index (χ3v) is 5.98. The van der Waals surface area contributed by atoms with Crippen LogP contribution in [0.3, 0.4) is 0 Å². The van der Waals surface area contributed by atoms with Crippen LogP contribution in [0.2, 0.25) is 0 Å². The highest BCUT2D eigenvalue weighted by atomic mass is 32.2. The van der Waals surface area contributed by atoms with Crippen LogP contribution in [0.1, 0.15) is 49.2 Å². The van der Waals surface area contributed by atoms with Crippen molar-refractivity contribution in [3.63, 3.8) is 0 Å². The summed E-state index contributed by atoms with van der Waals surface area (Å²) in [5.41, 5.74) is 1.66. The fourth-order valence-electron chi connectivity index (χ4n) is 3.36. The molecule has 0 amide bonds. The van der Waals surface area contributed by atoms with Gasteiger partial charge in [-0.3, -0.25) is 4.72 Å². The Morgan fingerprint density at radius 2 is 1.70 bits per heavy atom. The van der Waals surface area contributed by atoms with Crippen LogP contribution in [0.25, 0.3) is 0 Å². The molecule has 2 rings (SSSR count). The van der Waals surface area contributed by atoms with Gasteiger partial charge in [0.25, 0.3) is 10.0 Å². The molecule has 0 saturated heterocycles. The molecule has 164 valence electrons. The molecule has 0 aliphatic carbocycles. The lowest BCUT2D eigenvalue weighted by molar-refractivity contribution is 0.0697. The average molecular weight is 434 g/mol. The van der Waals surface area contributed by atoms with Crippen molar-refractivity contribution in [3.8, 4) is 0 Å². The molecule has 0 atom stereocenters. The molecule has 8 heteroatoms. The van der Waals surface area contributed by atoms with Crippen LogP contribution < -0.4 is 9.62 Å². The summed E-state index contributed by atoms with van der Waals surface area (Å²) in [6.07, 6.45) is 1.37. The van der Waals surface area contributed by atoms with Gasteiger partial charge in [-0.15, -0.1) is 0 Å². The second kappa shape index (κ2) is 9.47. The molecule has 2 aromatic rings. The van der Waals surface area contributed by atoms with Gasteiger partial charge in [-0.25, -0.2) is 18.2 Å². The molecule has 0 fully saturated rings. The first-order valence-electron chi connectivity index (χ1n) is 9.99. The van der Waals surface area contributed by atoms with E-state index in [9.17, 15) is 18.3 Å². The van der Waals surface area contributed by atoms with Crippen molar-refractivity contribution >= 4 is 27.5 Å². The first-order chi connectivity index (χ1) is 13.9. The fraction of sp³-hybridized carbons (Fsp3) is 0.455. The lowest BCUT2D eigenvalue weighted by Gasteiger charge is -2.28. The van der Waals surface area contributed by atoms with Crippen molar-refractivity contribution in [2.45, 2.75) is 46.4 Å². The summed E-state index contributed by atoms with van der Waals surface area (Å²) in [6, 6.07) is 6.38. The van der Waals surface area contributed by atoms with Crippen LogP contribution in [0.15, 0.2) is 35.4 Å². The zero-order valence-electron chi connectivity index (χ0n) is 18.4. The van der Waals surface area contributed by atoms with Gasteiger partial charge in [0, 0.05) is 13.1 Å². The quantitative estimate of drug-likeness (QED) is 0.611. The number of anilines is 2. The lowest BCUT2D eigenvalue weighted by Crippen LogP contribution is -2.33. The second-order valence-electron chi connectivity index (χ2n) is 8.47. The number of hydrogen-bond donors (Lipinski definition) is 2. The van der Waals surface area contributed by atoms with Crippen LogP contribution in [-0.4, -0.2) is 37.6 Å². The average Bonchev–Trinajstić information content (AvgIpc) is 2.59. The molecule has 1 aromatic carbocycles. The van der Waals surface area contributed by atoms with Crippen molar-refractivity contribution in [2.24, 2.45) is 11.8 Å². The maximum Gasteiger partial charge on any atom is 0.339 e. The number of aromatic nitrogens is 1. The third kappa shape index (κ3) is 5.95. The number of pyridine rings is 1. The van der Waals surface area contributed by atoms with Crippen LogP contribution in [-0.2, 0) is 10.0 Å². The number of nitrogens with zero attached hydrogens (tertiary/aromatic N) is 2. The molecule has 0 bridgehead atoms. The molecule has 0 radical (unpaired) electrons. The van der Waals surface area contributed by atoms with E-state index in [1.54, 1.807) is 25.1 Å². The maximum atomic E-state index is 12.8. The van der Waals surface area contributed by atoms with Crippen LogP contribution in [0.5, 0.6) is 0 Å². The zero-order valence-corrected chi connectivity index (χ0v) is 19.2. The Hall–Kier alpha value is -2.61. The van der Waals surface area contributed by atoms with Gasteiger partial charge in [-0.1, -0.05) is 45.4 Å². The number of carbonyl (C=O) groups is 1. The van der Waals surface area contributed by atoms with Crippen molar-refractivity contribution in [1.82, 2.24) is 4.98 Å². The Kier molecular flexibility index (Phi) is 7.47.